The van der Waals surface area contributed by atoms with Crippen molar-refractivity contribution in [1.82, 2.24) is 9.97 Å². The molecule has 0 aliphatic carbocycles. The van der Waals surface area contributed by atoms with E-state index >= 15 is 0 Å². The Kier molecular flexibility index (Phi) is 3.24. The molecule has 0 aliphatic rings. The summed E-state index contributed by atoms with van der Waals surface area (Å²) in [6.07, 6.45) is 0. The molecule has 0 radical (unpaired) electrons. The van der Waals surface area contributed by atoms with Crippen LogP contribution < -0.4 is 4.90 Å². The lowest BCUT2D eigenvalue weighted by Gasteiger charge is -2.18. The highest BCUT2D eigenvalue weighted by Crippen LogP contribution is 2.23. The minimum absolute atomic E-state index is 0.184. The molecule has 2 rings (SSSR count). The van der Waals surface area contributed by atoms with Crippen LogP contribution in [0.5, 0.6) is 0 Å². The Bertz CT molecular complexity index is 525. The van der Waals surface area contributed by atoms with Crippen LogP contribution in [-0.4, -0.2) is 17.0 Å². The van der Waals surface area contributed by atoms with Crippen LogP contribution in [0.3, 0.4) is 0 Å². The Labute approximate surface area is 104 Å². The summed E-state index contributed by atoms with van der Waals surface area (Å²) < 4.78 is 13.1. The van der Waals surface area contributed by atoms with Gasteiger partial charge < -0.3 is 4.90 Å². The van der Waals surface area contributed by atoms with Crippen molar-refractivity contribution in [3.8, 4) is 0 Å². The van der Waals surface area contributed by atoms with Crippen LogP contribution in [0.4, 0.5) is 15.9 Å². The van der Waals surface area contributed by atoms with Gasteiger partial charge in [-0.1, -0.05) is 6.07 Å². The van der Waals surface area contributed by atoms with E-state index in [9.17, 15) is 4.39 Å². The van der Waals surface area contributed by atoms with Gasteiger partial charge in [-0.3, -0.25) is 0 Å². The SMILES string of the molecule is Cc1cc(N(C)c2cccc(F)c2)nc(Cl)n1. The molecule has 1 heterocycles. The first-order chi connectivity index (χ1) is 8.06. The molecule has 0 atom stereocenters. The molecule has 0 saturated heterocycles. The Morgan fingerprint density at radius 3 is 2.65 bits per heavy atom. The Morgan fingerprint density at radius 2 is 2.00 bits per heavy atom. The van der Waals surface area contributed by atoms with Crippen molar-refractivity contribution in [3.63, 3.8) is 0 Å². The predicted octanol–water partition coefficient (Wildman–Crippen LogP) is 3.35. The fourth-order valence-electron chi connectivity index (χ4n) is 1.51. The molecule has 0 spiro atoms. The van der Waals surface area contributed by atoms with Crippen molar-refractivity contribution in [2.45, 2.75) is 6.92 Å². The predicted molar refractivity (Wildman–Crippen MR) is 66.2 cm³/mol. The number of hydrogen-bond donors (Lipinski definition) is 0. The van der Waals surface area contributed by atoms with Crippen LogP contribution in [0, 0.1) is 12.7 Å². The molecular formula is C12H11ClFN3. The number of nitrogens with zero attached hydrogens (tertiary/aromatic N) is 3. The quantitative estimate of drug-likeness (QED) is 0.767. The molecule has 1 aromatic carbocycles. The van der Waals surface area contributed by atoms with Gasteiger partial charge in [0.15, 0.2) is 0 Å². The zero-order chi connectivity index (χ0) is 12.4. The van der Waals surface area contributed by atoms with Gasteiger partial charge in [0.25, 0.3) is 0 Å². The lowest BCUT2D eigenvalue weighted by molar-refractivity contribution is 0.628. The highest BCUT2D eigenvalue weighted by molar-refractivity contribution is 6.28. The van der Waals surface area contributed by atoms with Crippen molar-refractivity contribution < 1.29 is 4.39 Å². The molecule has 0 unspecified atom stereocenters. The summed E-state index contributed by atoms with van der Waals surface area (Å²) in [6, 6.07) is 8.07. The molecule has 0 aliphatic heterocycles. The molecule has 0 amide bonds. The van der Waals surface area contributed by atoms with Gasteiger partial charge in [-0.05, 0) is 36.7 Å². The number of aromatic nitrogens is 2. The molecule has 5 heteroatoms. The molecule has 2 aromatic rings. The van der Waals surface area contributed by atoms with Crippen molar-refractivity contribution >= 4 is 23.1 Å². The second kappa shape index (κ2) is 4.67. The largest absolute Gasteiger partial charge is 0.329 e. The maximum Gasteiger partial charge on any atom is 0.224 e. The third kappa shape index (κ3) is 2.71. The molecule has 0 saturated carbocycles. The van der Waals surface area contributed by atoms with Gasteiger partial charge in [0, 0.05) is 24.5 Å². The average molecular weight is 252 g/mol. The molecule has 0 N–H and O–H groups in total. The van der Waals surface area contributed by atoms with E-state index in [2.05, 4.69) is 9.97 Å². The number of halogens is 2. The van der Waals surface area contributed by atoms with Gasteiger partial charge in [0.05, 0.1) is 0 Å². The van der Waals surface area contributed by atoms with Crippen LogP contribution in [0.15, 0.2) is 30.3 Å². The Balaban J connectivity index is 2.39. The summed E-state index contributed by atoms with van der Waals surface area (Å²) in [5.74, 6) is 0.347. The first kappa shape index (κ1) is 11.8. The third-order valence-corrected chi connectivity index (χ3v) is 2.52. The monoisotopic (exact) mass is 251 g/mol. The lowest BCUT2D eigenvalue weighted by Crippen LogP contribution is -2.12. The molecule has 1 aromatic heterocycles. The zero-order valence-corrected chi connectivity index (χ0v) is 10.2. The van der Waals surface area contributed by atoms with E-state index in [1.54, 1.807) is 30.1 Å². The summed E-state index contributed by atoms with van der Waals surface area (Å²) in [7, 11) is 1.80. The number of hydrogen-bond acceptors (Lipinski definition) is 3. The summed E-state index contributed by atoms with van der Waals surface area (Å²) in [5.41, 5.74) is 1.47. The fourth-order valence-corrected chi connectivity index (χ4v) is 1.73. The van der Waals surface area contributed by atoms with Crippen molar-refractivity contribution in [2.24, 2.45) is 0 Å². The van der Waals surface area contributed by atoms with E-state index in [1.807, 2.05) is 6.92 Å². The molecule has 3 nitrogen and oxygen atoms in total. The summed E-state index contributed by atoms with van der Waals surface area (Å²) in [5, 5.41) is 0.184. The van der Waals surface area contributed by atoms with Crippen molar-refractivity contribution in [2.75, 3.05) is 11.9 Å². The lowest BCUT2D eigenvalue weighted by atomic mass is 10.3. The molecule has 17 heavy (non-hydrogen) atoms. The summed E-state index contributed by atoms with van der Waals surface area (Å²) in [4.78, 5) is 9.83. The molecule has 0 bridgehead atoms. The van der Waals surface area contributed by atoms with Gasteiger partial charge in [-0.15, -0.1) is 0 Å². The standard InChI is InChI=1S/C12H11ClFN3/c1-8-6-11(16-12(13)15-8)17(2)10-5-3-4-9(14)7-10/h3-7H,1-2H3. The first-order valence-corrected chi connectivity index (χ1v) is 5.44. The second-order valence-electron chi connectivity index (χ2n) is 3.68. The van der Waals surface area contributed by atoms with Crippen LogP contribution in [0.2, 0.25) is 5.28 Å². The number of rotatable bonds is 2. The highest BCUT2D eigenvalue weighted by atomic mass is 35.5. The van der Waals surface area contributed by atoms with Gasteiger partial charge in [0.1, 0.15) is 11.6 Å². The number of benzene rings is 1. The minimum Gasteiger partial charge on any atom is -0.329 e. The minimum atomic E-state index is -0.286. The number of aryl methyl sites for hydroxylation is 1. The van der Waals surface area contributed by atoms with Gasteiger partial charge in [-0.2, -0.15) is 0 Å². The number of anilines is 2. The molecular weight excluding hydrogens is 241 g/mol. The topological polar surface area (TPSA) is 29.0 Å². The fraction of sp³-hybridized carbons (Fsp3) is 0.167. The zero-order valence-electron chi connectivity index (χ0n) is 9.48. The van der Waals surface area contributed by atoms with E-state index < -0.39 is 0 Å². The second-order valence-corrected chi connectivity index (χ2v) is 4.01. The maximum atomic E-state index is 13.1. The summed E-state index contributed by atoms with van der Waals surface area (Å²) >= 11 is 5.79. The normalized spacial score (nSPS) is 10.4. The van der Waals surface area contributed by atoms with Crippen LogP contribution in [-0.2, 0) is 0 Å². The summed E-state index contributed by atoms with van der Waals surface area (Å²) in [6.45, 7) is 1.83. The highest BCUT2D eigenvalue weighted by Gasteiger charge is 2.08. The van der Waals surface area contributed by atoms with Crippen LogP contribution in [0.25, 0.3) is 0 Å². The van der Waals surface area contributed by atoms with Crippen LogP contribution >= 0.6 is 11.6 Å². The smallest absolute Gasteiger partial charge is 0.224 e. The van der Waals surface area contributed by atoms with Gasteiger partial charge >= 0.3 is 0 Å². The van der Waals surface area contributed by atoms with Crippen LogP contribution in [0.1, 0.15) is 5.69 Å². The maximum absolute atomic E-state index is 13.1. The average Bonchev–Trinajstić information content (AvgIpc) is 2.26. The van der Waals surface area contributed by atoms with E-state index in [-0.39, 0.29) is 11.1 Å². The van der Waals surface area contributed by atoms with E-state index in [1.165, 1.54) is 12.1 Å². The first-order valence-electron chi connectivity index (χ1n) is 5.07. The van der Waals surface area contributed by atoms with E-state index in [4.69, 9.17) is 11.6 Å². The van der Waals surface area contributed by atoms with Crippen molar-refractivity contribution in [3.05, 3.63) is 47.1 Å². The Hall–Kier alpha value is -1.68. The van der Waals surface area contributed by atoms with Gasteiger partial charge in [-0.25, -0.2) is 14.4 Å². The Morgan fingerprint density at radius 1 is 1.24 bits per heavy atom. The van der Waals surface area contributed by atoms with Crippen molar-refractivity contribution in [1.29, 1.82) is 0 Å². The van der Waals surface area contributed by atoms with Gasteiger partial charge in [0.2, 0.25) is 5.28 Å². The van der Waals surface area contributed by atoms with E-state index in [0.29, 0.717) is 11.5 Å². The third-order valence-electron chi connectivity index (χ3n) is 2.35. The van der Waals surface area contributed by atoms with E-state index in [0.717, 1.165) is 5.69 Å². The molecule has 0 fully saturated rings. The molecule has 88 valence electrons.